The summed E-state index contributed by atoms with van der Waals surface area (Å²) in [5.41, 5.74) is 1.20. The van der Waals surface area contributed by atoms with Crippen LogP contribution in [0.1, 0.15) is 50.7 Å². The number of nitrogens with zero attached hydrogens (tertiary/aromatic N) is 4. The number of carbonyl (C=O) groups is 2. The second-order valence-corrected chi connectivity index (χ2v) is 13.2. The number of ether oxygens (including phenoxy) is 2. The van der Waals surface area contributed by atoms with Gasteiger partial charge in [-0.25, -0.2) is 19.0 Å². The van der Waals surface area contributed by atoms with Crippen molar-refractivity contribution in [3.05, 3.63) is 61.9 Å². The number of thiazole rings is 1. The van der Waals surface area contributed by atoms with Crippen LogP contribution in [-0.2, 0) is 14.3 Å². The molecule has 9 nitrogen and oxygen atoms in total. The fraction of sp³-hybridized carbons (Fsp3) is 0.500. The van der Waals surface area contributed by atoms with Gasteiger partial charge in [-0.05, 0) is 58.4 Å². The van der Waals surface area contributed by atoms with Crippen molar-refractivity contribution in [3.8, 4) is 0 Å². The lowest BCUT2D eigenvalue weighted by atomic mass is 9.79. The Balaban J connectivity index is 1.42. The molecule has 12 heteroatoms. The van der Waals surface area contributed by atoms with Gasteiger partial charge in [-0.1, -0.05) is 22.0 Å². The summed E-state index contributed by atoms with van der Waals surface area (Å²) in [5, 5.41) is 5.93. The number of esters is 1. The molecule has 1 spiro atoms. The van der Waals surface area contributed by atoms with E-state index >= 15 is 0 Å². The summed E-state index contributed by atoms with van der Waals surface area (Å²) in [5.74, 6) is -0.311. The zero-order valence-electron chi connectivity index (χ0n) is 23.0. The number of halogens is 2. The number of amidine groups is 1. The Bertz CT molecular complexity index is 1350. The highest BCUT2D eigenvalue weighted by Gasteiger charge is 2.50. The van der Waals surface area contributed by atoms with E-state index in [0.717, 1.165) is 19.5 Å². The molecule has 1 aromatic carbocycles. The van der Waals surface area contributed by atoms with Gasteiger partial charge in [0, 0.05) is 53.3 Å². The Morgan fingerprint density at radius 3 is 2.70 bits per heavy atom. The molecule has 1 aromatic heterocycles. The van der Waals surface area contributed by atoms with Crippen LogP contribution in [0.25, 0.3) is 0 Å². The van der Waals surface area contributed by atoms with E-state index in [1.54, 1.807) is 24.1 Å². The van der Waals surface area contributed by atoms with Gasteiger partial charge in [0.25, 0.3) is 0 Å². The van der Waals surface area contributed by atoms with Crippen LogP contribution in [0, 0.1) is 11.2 Å². The number of aromatic nitrogens is 1. The molecule has 5 rings (SSSR count). The SMILES string of the molecule is CCOC(=O)C1=C(CN2CCC3(C2)CN(C(=O)OC(C)(C)C)C3)NC(c2nccs2)=NC1c1ccc(F)cc1Br. The van der Waals surface area contributed by atoms with E-state index in [4.69, 9.17) is 14.5 Å². The minimum atomic E-state index is -0.716. The highest BCUT2D eigenvalue weighted by atomic mass is 79.9. The number of likely N-dealkylation sites (tertiary alicyclic amines) is 2. The molecule has 40 heavy (non-hydrogen) atoms. The van der Waals surface area contributed by atoms with Crippen molar-refractivity contribution in [3.63, 3.8) is 0 Å². The standard InChI is InChI=1S/C28H33BrFN5O4S/c1-5-38-25(36)21-20(13-34-10-8-28(14-34)15-35(16-28)26(37)39-27(2,3)4)32-23(24-31-9-11-40-24)33-22(21)18-7-6-17(30)12-19(18)29/h6-7,9,11-12,22H,5,8,10,13-16H2,1-4H3,(H,32,33). The molecule has 1 amide bonds. The van der Waals surface area contributed by atoms with Gasteiger partial charge in [0.05, 0.1) is 12.2 Å². The summed E-state index contributed by atoms with van der Waals surface area (Å²) in [6, 6.07) is 3.66. The van der Waals surface area contributed by atoms with Crippen molar-refractivity contribution in [2.75, 3.05) is 39.3 Å². The van der Waals surface area contributed by atoms with Gasteiger partial charge in [0.15, 0.2) is 10.8 Å². The maximum absolute atomic E-state index is 14.0. The fourth-order valence-electron chi connectivity index (χ4n) is 5.43. The van der Waals surface area contributed by atoms with Gasteiger partial charge in [0.1, 0.15) is 17.5 Å². The smallest absolute Gasteiger partial charge is 0.410 e. The first-order chi connectivity index (χ1) is 19.0. The molecule has 2 aromatic rings. The third-order valence-electron chi connectivity index (χ3n) is 7.12. The summed E-state index contributed by atoms with van der Waals surface area (Å²) in [6.45, 7) is 10.9. The molecule has 4 heterocycles. The van der Waals surface area contributed by atoms with Crippen molar-refractivity contribution in [1.82, 2.24) is 20.1 Å². The predicted octanol–water partition coefficient (Wildman–Crippen LogP) is 4.90. The van der Waals surface area contributed by atoms with Gasteiger partial charge in [-0.15, -0.1) is 11.3 Å². The average molecular weight is 635 g/mol. The largest absolute Gasteiger partial charge is 0.463 e. The van der Waals surface area contributed by atoms with Crippen LogP contribution in [0.3, 0.4) is 0 Å². The molecule has 0 bridgehead atoms. The molecule has 2 fully saturated rings. The number of aliphatic imine (C=N–C) groups is 1. The lowest BCUT2D eigenvalue weighted by Crippen LogP contribution is -2.60. The van der Waals surface area contributed by atoms with Crippen molar-refractivity contribution >= 4 is 45.2 Å². The van der Waals surface area contributed by atoms with E-state index in [2.05, 4.69) is 31.1 Å². The molecule has 1 atom stereocenters. The first-order valence-corrected chi connectivity index (χ1v) is 14.9. The minimum Gasteiger partial charge on any atom is -0.463 e. The first-order valence-electron chi connectivity index (χ1n) is 13.3. The number of hydrogen-bond acceptors (Lipinski definition) is 9. The summed E-state index contributed by atoms with van der Waals surface area (Å²) in [4.78, 5) is 39.2. The molecule has 0 saturated carbocycles. The minimum absolute atomic E-state index is 0.00182. The van der Waals surface area contributed by atoms with Gasteiger partial charge < -0.3 is 19.7 Å². The van der Waals surface area contributed by atoms with Gasteiger partial charge in [-0.2, -0.15) is 0 Å². The summed E-state index contributed by atoms with van der Waals surface area (Å²) < 4.78 is 25.5. The Morgan fingerprint density at radius 1 is 1.27 bits per heavy atom. The number of nitrogens with one attached hydrogen (secondary N) is 1. The third-order valence-corrected chi connectivity index (χ3v) is 8.58. The van der Waals surface area contributed by atoms with Gasteiger partial charge in [-0.3, -0.25) is 9.89 Å². The number of benzene rings is 1. The van der Waals surface area contributed by atoms with Gasteiger partial charge in [0.2, 0.25) is 0 Å². The maximum Gasteiger partial charge on any atom is 0.410 e. The summed E-state index contributed by atoms with van der Waals surface area (Å²) in [7, 11) is 0. The highest BCUT2D eigenvalue weighted by molar-refractivity contribution is 9.10. The van der Waals surface area contributed by atoms with Gasteiger partial charge >= 0.3 is 12.1 Å². The molecule has 3 aliphatic rings. The zero-order valence-corrected chi connectivity index (χ0v) is 25.4. The normalized spacial score (nSPS) is 20.7. The Labute approximate surface area is 245 Å². The predicted molar refractivity (Wildman–Crippen MR) is 154 cm³/mol. The first kappa shape index (κ1) is 28.7. The van der Waals surface area contributed by atoms with E-state index in [0.29, 0.717) is 51.8 Å². The molecule has 1 unspecified atom stereocenters. The molecule has 1 N–H and O–H groups in total. The Kier molecular flexibility index (Phi) is 8.04. The van der Waals surface area contributed by atoms with Crippen LogP contribution < -0.4 is 5.32 Å². The van der Waals surface area contributed by atoms with E-state index in [1.807, 2.05) is 26.2 Å². The molecular weight excluding hydrogens is 601 g/mol. The zero-order chi connectivity index (χ0) is 28.7. The second-order valence-electron chi connectivity index (χ2n) is 11.4. The number of amides is 1. The van der Waals surface area contributed by atoms with Crippen molar-refractivity contribution in [1.29, 1.82) is 0 Å². The number of carbonyl (C=O) groups excluding carboxylic acids is 2. The van der Waals surface area contributed by atoms with Crippen LogP contribution in [0.4, 0.5) is 9.18 Å². The van der Waals surface area contributed by atoms with E-state index in [9.17, 15) is 14.0 Å². The van der Waals surface area contributed by atoms with E-state index < -0.39 is 17.6 Å². The molecule has 3 aliphatic heterocycles. The third kappa shape index (κ3) is 6.08. The monoisotopic (exact) mass is 633 g/mol. The van der Waals surface area contributed by atoms with Crippen molar-refractivity contribution in [2.24, 2.45) is 10.4 Å². The molecular formula is C28H33BrFN5O4S. The molecule has 0 radical (unpaired) electrons. The van der Waals surface area contributed by atoms with Crippen LogP contribution in [0.15, 0.2) is 50.5 Å². The second kappa shape index (κ2) is 11.2. The number of rotatable bonds is 6. The lowest BCUT2D eigenvalue weighted by Gasteiger charge is -2.48. The summed E-state index contributed by atoms with van der Waals surface area (Å²) >= 11 is 4.91. The Morgan fingerprint density at radius 2 is 2.05 bits per heavy atom. The Hall–Kier alpha value is -2.83. The number of hydrogen-bond donors (Lipinski definition) is 1. The van der Waals surface area contributed by atoms with E-state index in [-0.39, 0.29) is 23.9 Å². The average Bonchev–Trinajstić information content (AvgIpc) is 3.52. The lowest BCUT2D eigenvalue weighted by molar-refractivity contribution is -0.139. The topological polar surface area (TPSA) is 96.4 Å². The van der Waals surface area contributed by atoms with Crippen molar-refractivity contribution in [2.45, 2.75) is 45.8 Å². The van der Waals surface area contributed by atoms with Crippen LogP contribution in [0.2, 0.25) is 0 Å². The molecule has 2 saturated heterocycles. The fourth-order valence-corrected chi connectivity index (χ4v) is 6.59. The molecule has 214 valence electrons. The van der Waals surface area contributed by atoms with Crippen molar-refractivity contribution < 1.29 is 23.5 Å². The highest BCUT2D eigenvalue weighted by Crippen LogP contribution is 2.42. The van der Waals surface area contributed by atoms with Crippen LogP contribution in [-0.4, -0.2) is 77.6 Å². The van der Waals surface area contributed by atoms with Crippen LogP contribution in [0.5, 0.6) is 0 Å². The quantitative estimate of drug-likeness (QED) is 0.452. The molecule has 0 aliphatic carbocycles. The maximum atomic E-state index is 14.0. The van der Waals surface area contributed by atoms with E-state index in [1.165, 1.54) is 23.5 Å². The summed E-state index contributed by atoms with van der Waals surface area (Å²) in [6.07, 6.45) is 2.36. The van der Waals surface area contributed by atoms with Crippen LogP contribution >= 0.6 is 27.3 Å².